The first kappa shape index (κ1) is 42.5. The van der Waals surface area contributed by atoms with Crippen LogP contribution >= 0.6 is 0 Å². The monoisotopic (exact) mass is 726 g/mol. The van der Waals surface area contributed by atoms with Crippen molar-refractivity contribution in [3.05, 3.63) is 35.9 Å². The number of hydrogen-bond donors (Lipinski definition) is 6. The maximum absolute atomic E-state index is 13.6. The highest BCUT2D eigenvalue weighted by Gasteiger charge is 2.40. The lowest BCUT2D eigenvalue weighted by molar-refractivity contribution is -0.154. The van der Waals surface area contributed by atoms with Crippen molar-refractivity contribution in [3.63, 3.8) is 0 Å². The van der Waals surface area contributed by atoms with Gasteiger partial charge in [0.25, 0.3) is 5.91 Å². The van der Waals surface area contributed by atoms with Crippen LogP contribution in [0.25, 0.3) is 0 Å². The highest BCUT2D eigenvalue weighted by molar-refractivity contribution is 6.38. The van der Waals surface area contributed by atoms with E-state index in [-0.39, 0.29) is 30.8 Å². The fourth-order valence-corrected chi connectivity index (χ4v) is 5.54. The molecule has 51 heavy (non-hydrogen) atoms. The van der Waals surface area contributed by atoms with E-state index in [1.165, 1.54) is 12.1 Å². The Morgan fingerprint density at radius 3 is 1.98 bits per heavy atom. The lowest BCUT2D eigenvalue weighted by Gasteiger charge is -2.31. The first-order chi connectivity index (χ1) is 23.9. The molecule has 2 unspecified atom stereocenters. The third kappa shape index (κ3) is 15.4. The molecule has 1 saturated carbocycles. The van der Waals surface area contributed by atoms with E-state index >= 15 is 0 Å². The average Bonchev–Trinajstić information content (AvgIpc) is 3.06. The van der Waals surface area contributed by atoms with Crippen molar-refractivity contribution in [2.24, 2.45) is 23.5 Å². The molecule has 0 aliphatic heterocycles. The van der Waals surface area contributed by atoms with E-state index in [0.717, 1.165) is 19.3 Å². The van der Waals surface area contributed by atoms with Crippen molar-refractivity contribution in [2.75, 3.05) is 13.2 Å². The predicted molar refractivity (Wildman–Crippen MR) is 178 cm³/mol. The molecule has 1 aliphatic rings. The Kier molecular flexibility index (Phi) is 16.8. The zero-order valence-electron chi connectivity index (χ0n) is 29.3. The average molecular weight is 727 g/mol. The number of carbonyl (C=O) groups excluding carboxylic acids is 7. The Hall–Kier alpha value is -4.70. The van der Waals surface area contributed by atoms with Crippen LogP contribution in [-0.2, 0) is 33.5 Å². The van der Waals surface area contributed by atoms with Crippen molar-refractivity contribution in [2.45, 2.75) is 103 Å². The minimum atomic E-state index is -5.02. The second kappa shape index (κ2) is 20.2. The van der Waals surface area contributed by atoms with Crippen LogP contribution in [0.5, 0.6) is 0 Å². The number of alkyl halides is 3. The third-order valence-electron chi connectivity index (χ3n) is 7.99. The lowest BCUT2D eigenvalue weighted by Crippen LogP contribution is -2.59. The smallest absolute Gasteiger partial charge is 0.407 e. The summed E-state index contributed by atoms with van der Waals surface area (Å²) in [5.74, 6) is -7.67. The third-order valence-corrected chi connectivity index (χ3v) is 7.99. The van der Waals surface area contributed by atoms with E-state index in [4.69, 9.17) is 10.5 Å². The number of ether oxygens (including phenoxy) is 1. The van der Waals surface area contributed by atoms with Crippen molar-refractivity contribution in [1.29, 1.82) is 0 Å². The number of halogens is 3. The molecule has 14 nitrogen and oxygen atoms in total. The van der Waals surface area contributed by atoms with Crippen molar-refractivity contribution in [1.82, 2.24) is 26.6 Å². The highest BCUT2D eigenvalue weighted by atomic mass is 19.4. The number of primary amides is 1. The van der Waals surface area contributed by atoms with Crippen LogP contribution in [0.2, 0.25) is 0 Å². The van der Waals surface area contributed by atoms with Crippen LogP contribution in [0.15, 0.2) is 30.3 Å². The minimum Gasteiger partial charge on any atom is -0.449 e. The fraction of sp³-hybridized carbons (Fsp3) is 0.618. The standard InChI is InChI=1S/C34H49F3N6O8/c1-19(2)15-23(40-31(48)27(22-13-9-6-10-14-22)43-33(50)51-18-20(3)4)30(47)41-24(16-34(35,36)37)28(45)32(49)39-17-25(44)42-26(29(38)46)21-11-7-5-8-12-21/h5,7-8,11-12,19-20,22-24,26-27H,6,9-10,13-18H2,1-4H3,(H2,38,46)(H,39,49)(H,40,48)(H,41,47)(H,42,44)(H,43,50)/t23?,24?,26-,27-/m0/s1. The van der Waals surface area contributed by atoms with Crippen molar-refractivity contribution >= 4 is 41.4 Å². The number of nitrogens with two attached hydrogens (primary N) is 1. The van der Waals surface area contributed by atoms with Gasteiger partial charge < -0.3 is 37.1 Å². The van der Waals surface area contributed by atoms with Crippen LogP contribution < -0.4 is 32.3 Å². The Labute approximate surface area is 294 Å². The molecule has 0 radical (unpaired) electrons. The van der Waals surface area contributed by atoms with Crippen LogP contribution in [0, 0.1) is 17.8 Å². The molecule has 1 aliphatic carbocycles. The summed E-state index contributed by atoms with van der Waals surface area (Å²) in [7, 11) is 0. The molecule has 1 aromatic carbocycles. The Morgan fingerprint density at radius 1 is 0.824 bits per heavy atom. The predicted octanol–water partition coefficient (Wildman–Crippen LogP) is 2.31. The summed E-state index contributed by atoms with van der Waals surface area (Å²) in [5, 5.41) is 11.2. The molecule has 2 rings (SSSR count). The summed E-state index contributed by atoms with van der Waals surface area (Å²) >= 11 is 0. The fourth-order valence-electron chi connectivity index (χ4n) is 5.54. The molecule has 284 valence electrons. The second-order valence-corrected chi connectivity index (χ2v) is 13.4. The SMILES string of the molecule is CC(C)COC(=O)N[C@H](C(=O)NC(CC(C)C)C(=O)NC(CC(F)(F)F)C(=O)C(=O)NCC(=O)N[C@H](C(N)=O)c1ccccc1)C1CCCCC1. The number of carbonyl (C=O) groups is 7. The summed E-state index contributed by atoms with van der Waals surface area (Å²) in [4.78, 5) is 89.5. The number of hydrogen-bond acceptors (Lipinski definition) is 8. The number of rotatable bonds is 18. The van der Waals surface area contributed by atoms with Gasteiger partial charge in [0.15, 0.2) is 0 Å². The first-order valence-electron chi connectivity index (χ1n) is 16.9. The Bertz CT molecular complexity index is 1370. The first-order valence-corrected chi connectivity index (χ1v) is 16.9. The van der Waals surface area contributed by atoms with Crippen LogP contribution in [-0.4, -0.2) is 78.9 Å². The van der Waals surface area contributed by atoms with Crippen LogP contribution in [0.1, 0.15) is 84.2 Å². The highest BCUT2D eigenvalue weighted by Crippen LogP contribution is 2.27. The largest absolute Gasteiger partial charge is 0.449 e. The van der Waals surface area contributed by atoms with E-state index in [2.05, 4.69) is 16.0 Å². The Morgan fingerprint density at radius 2 is 1.43 bits per heavy atom. The van der Waals surface area contributed by atoms with Crippen molar-refractivity contribution in [3.8, 4) is 0 Å². The molecule has 0 spiro atoms. The molecule has 1 aromatic rings. The van der Waals surface area contributed by atoms with E-state index in [0.29, 0.717) is 18.4 Å². The molecule has 0 saturated heterocycles. The Balaban J connectivity index is 2.18. The zero-order chi connectivity index (χ0) is 38.3. The van der Waals surface area contributed by atoms with E-state index < -0.39 is 84.7 Å². The van der Waals surface area contributed by atoms with E-state index in [1.807, 2.05) is 24.5 Å². The van der Waals surface area contributed by atoms with Crippen LogP contribution in [0.4, 0.5) is 18.0 Å². The van der Waals surface area contributed by atoms with Gasteiger partial charge in [0.05, 0.1) is 19.6 Å². The van der Waals surface area contributed by atoms with Gasteiger partial charge in [-0.1, -0.05) is 77.3 Å². The van der Waals surface area contributed by atoms with Crippen LogP contribution in [0.3, 0.4) is 0 Å². The van der Waals surface area contributed by atoms with E-state index in [1.54, 1.807) is 32.0 Å². The summed E-state index contributed by atoms with van der Waals surface area (Å²) in [6, 6.07) is 1.58. The van der Waals surface area contributed by atoms with Gasteiger partial charge in [0.2, 0.25) is 29.4 Å². The quantitative estimate of drug-likeness (QED) is 0.123. The molecule has 0 bridgehead atoms. The summed E-state index contributed by atoms with van der Waals surface area (Å²) in [6.07, 6.45) is -4.08. The van der Waals surface area contributed by atoms with Gasteiger partial charge in [-0.15, -0.1) is 0 Å². The number of amides is 6. The zero-order valence-corrected chi connectivity index (χ0v) is 29.3. The van der Waals surface area contributed by atoms with Gasteiger partial charge >= 0.3 is 12.3 Å². The molecule has 6 amide bonds. The summed E-state index contributed by atoms with van der Waals surface area (Å²) < 4.78 is 45.9. The molecule has 0 heterocycles. The molecular weight excluding hydrogens is 677 g/mol. The van der Waals surface area contributed by atoms with Crippen molar-refractivity contribution < 1.29 is 51.5 Å². The molecule has 0 aromatic heterocycles. The molecule has 17 heteroatoms. The number of benzene rings is 1. The molecule has 7 N–H and O–H groups in total. The summed E-state index contributed by atoms with van der Waals surface area (Å²) in [5.41, 5.74) is 5.68. The van der Waals surface area contributed by atoms with E-state index in [9.17, 15) is 46.7 Å². The second-order valence-electron chi connectivity index (χ2n) is 13.4. The number of nitrogens with one attached hydrogen (secondary N) is 5. The van der Waals surface area contributed by atoms with Gasteiger partial charge in [-0.3, -0.25) is 28.8 Å². The summed E-state index contributed by atoms with van der Waals surface area (Å²) in [6.45, 7) is 6.25. The topological polar surface area (TPSA) is 215 Å². The maximum atomic E-state index is 13.6. The molecule has 4 atom stereocenters. The van der Waals surface area contributed by atoms with Gasteiger partial charge in [0, 0.05) is 0 Å². The number of alkyl carbamates (subject to hydrolysis) is 1. The normalized spacial score (nSPS) is 15.9. The lowest BCUT2D eigenvalue weighted by atomic mass is 9.83. The van der Waals surface area contributed by atoms with Gasteiger partial charge in [-0.25, -0.2) is 4.79 Å². The molecule has 1 fully saturated rings. The molecular formula is C34H49F3N6O8. The maximum Gasteiger partial charge on any atom is 0.407 e. The van der Waals surface area contributed by atoms with Gasteiger partial charge in [0.1, 0.15) is 24.2 Å². The minimum absolute atomic E-state index is 0.0252. The van der Waals surface area contributed by atoms with Gasteiger partial charge in [-0.05, 0) is 42.6 Å². The van der Waals surface area contributed by atoms with Gasteiger partial charge in [-0.2, -0.15) is 13.2 Å². The number of Topliss-reactive ketones (excluding diaryl/α,β-unsaturated/α-hetero) is 1. The number of ketones is 1.